The van der Waals surface area contributed by atoms with Crippen LogP contribution < -0.4 is 15.4 Å². The quantitative estimate of drug-likeness (QED) is 0.130. The number of aromatic nitrogens is 1. The van der Waals surface area contributed by atoms with Crippen molar-refractivity contribution < 1.29 is 19.1 Å². The molecule has 5 rings (SSSR count). The number of benzene rings is 1. The van der Waals surface area contributed by atoms with Crippen molar-refractivity contribution in [2.24, 2.45) is 4.99 Å². The molecule has 256 valence electrons. The third kappa shape index (κ3) is 9.24. The number of nitrogens with one attached hydrogen (secondary N) is 2. The molecule has 11 heteroatoms. The Bertz CT molecular complexity index is 1450. The highest BCUT2D eigenvalue weighted by Crippen LogP contribution is 2.30. The van der Waals surface area contributed by atoms with Crippen LogP contribution in [0.5, 0.6) is 5.75 Å². The molecule has 3 aliphatic rings. The number of amides is 1. The van der Waals surface area contributed by atoms with Crippen molar-refractivity contribution in [1.29, 1.82) is 0 Å². The maximum absolute atomic E-state index is 13.0. The number of hydrogen-bond donors (Lipinski definition) is 3. The van der Waals surface area contributed by atoms with Gasteiger partial charge >= 0.3 is 0 Å². The Kier molecular flexibility index (Phi) is 11.8. The van der Waals surface area contributed by atoms with E-state index in [1.54, 1.807) is 6.08 Å². The maximum Gasteiger partial charge on any atom is 0.250 e. The van der Waals surface area contributed by atoms with Crippen molar-refractivity contribution in [2.75, 3.05) is 45.8 Å². The summed E-state index contributed by atoms with van der Waals surface area (Å²) < 4.78 is 11.5. The van der Waals surface area contributed by atoms with Crippen molar-refractivity contribution in [2.45, 2.75) is 91.6 Å². The molecule has 1 amide bonds. The number of aliphatic hydroxyl groups is 1. The zero-order valence-electron chi connectivity index (χ0n) is 28.8. The van der Waals surface area contributed by atoms with Gasteiger partial charge in [0.15, 0.2) is 12.2 Å². The third-order valence-electron chi connectivity index (χ3n) is 9.73. The molecule has 1 aromatic heterocycles. The zero-order valence-corrected chi connectivity index (χ0v) is 28.8. The van der Waals surface area contributed by atoms with E-state index in [2.05, 4.69) is 63.7 Å². The lowest BCUT2D eigenvalue weighted by atomic mass is 9.93. The zero-order chi connectivity index (χ0) is 33.5. The Balaban J connectivity index is 1.11. The predicted molar refractivity (Wildman–Crippen MR) is 184 cm³/mol. The van der Waals surface area contributed by atoms with Crippen LogP contribution in [0, 0.1) is 13.8 Å². The Labute approximate surface area is 279 Å². The Morgan fingerprint density at radius 2 is 1.98 bits per heavy atom. The fraction of sp³-hybridized carbons (Fsp3) is 0.583. The number of β-amino-alcohol motifs (C(OH)–C–C–N with tert-alkyl or cyclic N) is 1. The monoisotopic (exact) mass is 647 g/mol. The van der Waals surface area contributed by atoms with Gasteiger partial charge in [-0.15, -0.1) is 0 Å². The van der Waals surface area contributed by atoms with Crippen LogP contribution in [0.3, 0.4) is 0 Å². The van der Waals surface area contributed by atoms with E-state index in [9.17, 15) is 9.90 Å². The summed E-state index contributed by atoms with van der Waals surface area (Å²) in [5.74, 6) is 2.89. The number of amidine groups is 1. The lowest BCUT2D eigenvalue weighted by molar-refractivity contribution is -0.117. The van der Waals surface area contributed by atoms with E-state index >= 15 is 0 Å². The summed E-state index contributed by atoms with van der Waals surface area (Å²) >= 11 is 0. The van der Waals surface area contributed by atoms with Gasteiger partial charge in [-0.25, -0.2) is 9.98 Å². The van der Waals surface area contributed by atoms with Crippen molar-refractivity contribution >= 4 is 11.7 Å². The fourth-order valence-corrected chi connectivity index (χ4v) is 6.39. The van der Waals surface area contributed by atoms with Crippen LogP contribution in [0.25, 0.3) is 0 Å². The normalized spacial score (nSPS) is 18.9. The lowest BCUT2D eigenvalue weighted by Crippen LogP contribution is -2.50. The van der Waals surface area contributed by atoms with Crippen LogP contribution in [-0.2, 0) is 24.4 Å². The molecule has 2 fully saturated rings. The SMILES string of the molecule is C=C(/C=C(\N=C(C)N1CCN(C(C)C)CC1)NC1CCC1)C(=O)NC[C@H](O)CN1CCc2c(ccc(OCc3ocnc3C)c2C)C1. The molecule has 2 aliphatic heterocycles. The number of carbonyl (C=O) groups is 1. The molecule has 2 aromatic rings. The minimum atomic E-state index is -0.705. The van der Waals surface area contributed by atoms with Crippen molar-refractivity contribution in [3.63, 3.8) is 0 Å². The van der Waals surface area contributed by atoms with Crippen LogP contribution in [0.15, 0.2) is 52.0 Å². The predicted octanol–water partition coefficient (Wildman–Crippen LogP) is 3.69. The van der Waals surface area contributed by atoms with Gasteiger partial charge in [-0.2, -0.15) is 0 Å². The van der Waals surface area contributed by atoms with Gasteiger partial charge in [0.2, 0.25) is 0 Å². The summed E-state index contributed by atoms with van der Waals surface area (Å²) in [5, 5.41) is 17.2. The van der Waals surface area contributed by atoms with E-state index in [-0.39, 0.29) is 12.5 Å². The summed E-state index contributed by atoms with van der Waals surface area (Å²) in [4.78, 5) is 29.1. The van der Waals surface area contributed by atoms with Gasteiger partial charge in [-0.1, -0.05) is 12.6 Å². The van der Waals surface area contributed by atoms with Crippen LogP contribution in [0.1, 0.15) is 68.2 Å². The minimum Gasteiger partial charge on any atom is -0.485 e. The highest BCUT2D eigenvalue weighted by Gasteiger charge is 2.24. The number of aliphatic hydroxyl groups excluding tert-OH is 1. The first-order valence-corrected chi connectivity index (χ1v) is 17.1. The topological polar surface area (TPSA) is 119 Å². The van der Waals surface area contributed by atoms with E-state index in [0.29, 0.717) is 36.6 Å². The van der Waals surface area contributed by atoms with Crippen LogP contribution >= 0.6 is 0 Å². The summed E-state index contributed by atoms with van der Waals surface area (Å²) in [6, 6.07) is 5.02. The molecule has 3 heterocycles. The first kappa shape index (κ1) is 34.7. The molecule has 0 spiro atoms. The number of oxazole rings is 1. The Morgan fingerprint density at radius 1 is 1.21 bits per heavy atom. The first-order chi connectivity index (χ1) is 22.6. The van der Waals surface area contributed by atoms with Gasteiger partial charge in [-0.05, 0) is 89.1 Å². The molecule has 0 bridgehead atoms. The fourth-order valence-electron chi connectivity index (χ4n) is 6.39. The average Bonchev–Trinajstić information content (AvgIpc) is 3.45. The molecule has 1 aliphatic carbocycles. The lowest BCUT2D eigenvalue weighted by Gasteiger charge is -2.38. The molecule has 47 heavy (non-hydrogen) atoms. The number of ether oxygens (including phenoxy) is 1. The molecule has 0 radical (unpaired) electrons. The number of rotatable bonds is 13. The minimum absolute atomic E-state index is 0.149. The smallest absolute Gasteiger partial charge is 0.250 e. The summed E-state index contributed by atoms with van der Waals surface area (Å²) in [6.45, 7) is 21.0. The molecule has 1 saturated carbocycles. The average molecular weight is 648 g/mol. The summed E-state index contributed by atoms with van der Waals surface area (Å²) in [5.41, 5.74) is 4.82. The van der Waals surface area contributed by atoms with E-state index in [4.69, 9.17) is 14.1 Å². The third-order valence-corrected chi connectivity index (χ3v) is 9.73. The van der Waals surface area contributed by atoms with Crippen molar-refractivity contribution in [3.05, 3.63) is 70.7 Å². The largest absolute Gasteiger partial charge is 0.485 e. The van der Waals surface area contributed by atoms with Crippen molar-refractivity contribution in [3.8, 4) is 5.75 Å². The molecular weight excluding hydrogens is 594 g/mol. The standard InChI is InChI=1S/C36H53N7O4/c1-24(2)42-14-16-43(17-15-42)28(6)39-35(40-30-8-7-9-30)18-25(3)36(45)37-19-31(44)21-41-13-12-32-26(4)33(11-10-29(32)20-41)46-22-34-27(5)38-23-47-34/h10-11,18,23-24,30-31,40,44H,3,7-9,12-17,19-22H2,1-2,4-6H3,(H,37,45)/b35-18+,39-28?/t31-/m0/s1. The van der Waals surface area contributed by atoms with E-state index < -0.39 is 6.10 Å². The summed E-state index contributed by atoms with van der Waals surface area (Å²) in [6.07, 6.45) is 6.74. The van der Waals surface area contributed by atoms with E-state index in [1.165, 1.54) is 23.9 Å². The molecule has 1 atom stereocenters. The van der Waals surface area contributed by atoms with Gasteiger partial charge in [0.05, 0.1) is 11.8 Å². The molecule has 1 saturated heterocycles. The second-order valence-electron chi connectivity index (χ2n) is 13.4. The molecular formula is C36H53N7O4. The second-order valence-corrected chi connectivity index (χ2v) is 13.4. The Morgan fingerprint density at radius 3 is 2.64 bits per heavy atom. The Hall–Kier alpha value is -3.67. The molecule has 3 N–H and O–H groups in total. The second kappa shape index (κ2) is 16.0. The maximum atomic E-state index is 13.0. The van der Waals surface area contributed by atoms with Gasteiger partial charge in [0.1, 0.15) is 24.0 Å². The van der Waals surface area contributed by atoms with Gasteiger partial charge in [0, 0.05) is 70.0 Å². The first-order valence-electron chi connectivity index (χ1n) is 17.1. The van der Waals surface area contributed by atoms with Crippen LogP contribution in [-0.4, -0.2) is 101 Å². The number of aryl methyl sites for hydroxylation is 1. The van der Waals surface area contributed by atoms with Gasteiger partial charge in [0.25, 0.3) is 5.91 Å². The van der Waals surface area contributed by atoms with E-state index in [0.717, 1.165) is 87.1 Å². The van der Waals surface area contributed by atoms with Gasteiger partial charge < -0.3 is 29.8 Å². The number of hydrogen-bond acceptors (Lipinski definition) is 9. The van der Waals surface area contributed by atoms with Gasteiger partial charge in [-0.3, -0.25) is 14.6 Å². The number of aliphatic imine (C=N–C) groups is 1. The molecule has 11 nitrogen and oxygen atoms in total. The highest BCUT2D eigenvalue weighted by atomic mass is 16.5. The van der Waals surface area contributed by atoms with E-state index in [1.807, 2.05) is 19.9 Å². The number of nitrogens with zero attached hydrogens (tertiary/aromatic N) is 5. The number of fused-ring (bicyclic) bond motifs is 1. The van der Waals surface area contributed by atoms with Crippen LogP contribution in [0.4, 0.5) is 0 Å². The van der Waals surface area contributed by atoms with Crippen LogP contribution in [0.2, 0.25) is 0 Å². The van der Waals surface area contributed by atoms with Crippen molar-refractivity contribution in [1.82, 2.24) is 30.3 Å². The number of carbonyl (C=O) groups excluding carboxylic acids is 1. The highest BCUT2D eigenvalue weighted by molar-refractivity contribution is 5.95. The number of piperazine rings is 1. The molecule has 0 unspecified atom stereocenters. The summed E-state index contributed by atoms with van der Waals surface area (Å²) in [7, 11) is 0. The molecule has 1 aromatic carbocycles.